The number of carbonyl (C=O) groups excluding carboxylic acids is 1. The molecular formula is C16H19N3O2. The molecule has 1 saturated carbocycles. The van der Waals surface area contributed by atoms with Crippen molar-refractivity contribution in [2.45, 2.75) is 38.5 Å². The lowest BCUT2D eigenvalue weighted by Gasteiger charge is -2.03. The Morgan fingerprint density at radius 1 is 1.43 bits per heavy atom. The van der Waals surface area contributed by atoms with Crippen molar-refractivity contribution in [2.75, 3.05) is 6.61 Å². The van der Waals surface area contributed by atoms with Gasteiger partial charge in [0.05, 0.1) is 6.61 Å². The molecule has 0 atom stereocenters. The molecule has 1 N–H and O–H groups in total. The molecule has 3 rings (SSSR count). The number of pyridine rings is 1. The van der Waals surface area contributed by atoms with Gasteiger partial charge in [0.15, 0.2) is 5.69 Å². The smallest absolute Gasteiger partial charge is 0.358 e. The summed E-state index contributed by atoms with van der Waals surface area (Å²) < 4.78 is 5.24. The molecule has 0 spiro atoms. The number of H-pyrrole nitrogens is 1. The van der Waals surface area contributed by atoms with Crippen LogP contribution in [0, 0.1) is 6.92 Å². The molecule has 0 unspecified atom stereocenters. The molecule has 0 bridgehead atoms. The highest BCUT2D eigenvalue weighted by Crippen LogP contribution is 2.39. The normalized spacial score (nSPS) is 14.1. The fourth-order valence-corrected chi connectivity index (χ4v) is 2.28. The lowest BCUT2D eigenvalue weighted by atomic mass is 10.2. The lowest BCUT2D eigenvalue weighted by molar-refractivity contribution is 0.0493. The Hall–Kier alpha value is -2.17. The van der Waals surface area contributed by atoms with E-state index in [1.807, 2.05) is 31.2 Å². The third kappa shape index (κ3) is 3.68. The van der Waals surface area contributed by atoms with Crippen molar-refractivity contribution in [3.63, 3.8) is 0 Å². The molecule has 1 fully saturated rings. The number of hydrogen-bond donors (Lipinski definition) is 1. The van der Waals surface area contributed by atoms with E-state index in [1.54, 1.807) is 0 Å². The monoisotopic (exact) mass is 285 g/mol. The minimum absolute atomic E-state index is 0.352. The molecule has 5 heteroatoms. The second-order valence-corrected chi connectivity index (χ2v) is 5.49. The first kappa shape index (κ1) is 13.8. The van der Waals surface area contributed by atoms with Crippen LogP contribution in [0.5, 0.6) is 0 Å². The number of carbonyl (C=O) groups is 1. The molecule has 0 radical (unpaired) electrons. The van der Waals surface area contributed by atoms with E-state index in [-0.39, 0.29) is 5.97 Å². The summed E-state index contributed by atoms with van der Waals surface area (Å²) >= 11 is 0. The van der Waals surface area contributed by atoms with Gasteiger partial charge in [-0.3, -0.25) is 10.1 Å². The van der Waals surface area contributed by atoms with Crippen molar-refractivity contribution in [1.29, 1.82) is 0 Å². The Kier molecular flexibility index (Phi) is 3.99. The second kappa shape index (κ2) is 6.08. The summed E-state index contributed by atoms with van der Waals surface area (Å²) in [5.41, 5.74) is 3.46. The van der Waals surface area contributed by atoms with E-state index in [9.17, 15) is 4.79 Å². The minimum atomic E-state index is -0.352. The number of esters is 1. The van der Waals surface area contributed by atoms with Crippen LogP contribution in [0.3, 0.4) is 0 Å². The molecule has 5 nitrogen and oxygen atoms in total. The van der Waals surface area contributed by atoms with E-state index in [2.05, 4.69) is 15.2 Å². The number of hydrogen-bond acceptors (Lipinski definition) is 4. The summed E-state index contributed by atoms with van der Waals surface area (Å²) in [6, 6.07) is 7.76. The average molecular weight is 285 g/mol. The van der Waals surface area contributed by atoms with Crippen LogP contribution in [0.4, 0.5) is 0 Å². The summed E-state index contributed by atoms with van der Waals surface area (Å²) in [7, 11) is 0. The number of rotatable bonds is 6. The van der Waals surface area contributed by atoms with Crippen molar-refractivity contribution in [2.24, 2.45) is 0 Å². The quantitative estimate of drug-likeness (QED) is 0.654. The molecule has 2 aromatic rings. The number of nitrogens with one attached hydrogen (secondary N) is 1. The summed E-state index contributed by atoms with van der Waals surface area (Å²) in [6.45, 7) is 2.36. The van der Waals surface area contributed by atoms with E-state index in [4.69, 9.17) is 4.74 Å². The van der Waals surface area contributed by atoms with Crippen molar-refractivity contribution in [1.82, 2.24) is 15.2 Å². The molecule has 1 aliphatic rings. The molecule has 2 aromatic heterocycles. The zero-order valence-electron chi connectivity index (χ0n) is 12.1. The maximum absolute atomic E-state index is 11.8. The van der Waals surface area contributed by atoms with Gasteiger partial charge in [-0.25, -0.2) is 4.79 Å². The average Bonchev–Trinajstić information content (AvgIpc) is 3.21. The first-order valence-corrected chi connectivity index (χ1v) is 7.37. The Balaban J connectivity index is 1.43. The molecule has 21 heavy (non-hydrogen) atoms. The standard InChI is InChI=1S/C16H19N3O2/c1-11-4-2-5-13(17-11)6-3-9-21-16(20)15-10-14(18-19-15)12-7-8-12/h2,4-5,10,12H,3,6-9H2,1H3,(H,18,19). The fraction of sp³-hybridized carbons (Fsp3) is 0.438. The van der Waals surface area contributed by atoms with Gasteiger partial charge in [-0.15, -0.1) is 0 Å². The van der Waals surface area contributed by atoms with Gasteiger partial charge in [0.2, 0.25) is 0 Å². The van der Waals surface area contributed by atoms with Crippen LogP contribution in [-0.4, -0.2) is 27.8 Å². The highest BCUT2D eigenvalue weighted by molar-refractivity contribution is 5.87. The Morgan fingerprint density at radius 3 is 3.05 bits per heavy atom. The molecule has 2 heterocycles. The molecular weight excluding hydrogens is 266 g/mol. The van der Waals surface area contributed by atoms with Gasteiger partial charge >= 0.3 is 5.97 Å². The van der Waals surface area contributed by atoms with Gasteiger partial charge in [0, 0.05) is 23.0 Å². The third-order valence-corrected chi connectivity index (χ3v) is 3.58. The van der Waals surface area contributed by atoms with E-state index < -0.39 is 0 Å². The molecule has 0 aliphatic heterocycles. The van der Waals surface area contributed by atoms with Crippen molar-refractivity contribution >= 4 is 5.97 Å². The summed E-state index contributed by atoms with van der Waals surface area (Å²) in [5, 5.41) is 6.92. The van der Waals surface area contributed by atoms with Gasteiger partial charge < -0.3 is 4.74 Å². The molecule has 0 saturated heterocycles. The Bertz CT molecular complexity index is 632. The summed E-state index contributed by atoms with van der Waals surface area (Å²) in [6.07, 6.45) is 3.94. The highest BCUT2D eigenvalue weighted by atomic mass is 16.5. The van der Waals surface area contributed by atoms with Gasteiger partial charge in [0.1, 0.15) is 0 Å². The van der Waals surface area contributed by atoms with Gasteiger partial charge in [-0.2, -0.15) is 5.10 Å². The molecule has 0 amide bonds. The summed E-state index contributed by atoms with van der Waals surface area (Å²) in [5.74, 6) is 0.210. The van der Waals surface area contributed by atoms with Gasteiger partial charge in [-0.05, 0) is 50.8 Å². The SMILES string of the molecule is Cc1cccc(CCCOC(=O)c2cc(C3CC3)[nH]n2)n1. The van der Waals surface area contributed by atoms with Crippen molar-refractivity contribution in [3.05, 3.63) is 47.0 Å². The zero-order chi connectivity index (χ0) is 14.7. The molecule has 0 aromatic carbocycles. The van der Waals surface area contributed by atoms with Gasteiger partial charge in [0.25, 0.3) is 0 Å². The summed E-state index contributed by atoms with van der Waals surface area (Å²) in [4.78, 5) is 16.3. The van der Waals surface area contributed by atoms with Crippen LogP contribution in [0.25, 0.3) is 0 Å². The molecule has 110 valence electrons. The van der Waals surface area contributed by atoms with Crippen LogP contribution >= 0.6 is 0 Å². The topological polar surface area (TPSA) is 67.9 Å². The van der Waals surface area contributed by atoms with Crippen molar-refractivity contribution in [3.8, 4) is 0 Å². The van der Waals surface area contributed by atoms with Crippen LogP contribution in [0.15, 0.2) is 24.3 Å². The van der Waals surface area contributed by atoms with Crippen LogP contribution in [-0.2, 0) is 11.2 Å². The first-order valence-electron chi connectivity index (χ1n) is 7.37. The van der Waals surface area contributed by atoms with E-state index in [1.165, 1.54) is 12.8 Å². The number of aromatic nitrogens is 3. The Labute approximate surface area is 123 Å². The fourth-order valence-electron chi connectivity index (χ4n) is 2.28. The van der Waals surface area contributed by atoms with Crippen LogP contribution < -0.4 is 0 Å². The lowest BCUT2D eigenvalue weighted by Crippen LogP contribution is -2.08. The number of nitrogens with zero attached hydrogens (tertiary/aromatic N) is 2. The highest BCUT2D eigenvalue weighted by Gasteiger charge is 2.26. The van der Waals surface area contributed by atoms with Crippen LogP contribution in [0.2, 0.25) is 0 Å². The largest absolute Gasteiger partial charge is 0.461 e. The van der Waals surface area contributed by atoms with Crippen LogP contribution in [0.1, 0.15) is 52.8 Å². The Morgan fingerprint density at radius 2 is 2.29 bits per heavy atom. The number of aryl methyl sites for hydroxylation is 2. The first-order chi connectivity index (χ1) is 10.2. The van der Waals surface area contributed by atoms with E-state index in [0.29, 0.717) is 18.2 Å². The van der Waals surface area contributed by atoms with E-state index >= 15 is 0 Å². The maximum atomic E-state index is 11.8. The number of aromatic amines is 1. The van der Waals surface area contributed by atoms with Gasteiger partial charge in [-0.1, -0.05) is 6.07 Å². The van der Waals surface area contributed by atoms with Crippen molar-refractivity contribution < 1.29 is 9.53 Å². The second-order valence-electron chi connectivity index (χ2n) is 5.49. The third-order valence-electron chi connectivity index (χ3n) is 3.58. The maximum Gasteiger partial charge on any atom is 0.358 e. The predicted molar refractivity (Wildman–Crippen MR) is 78.1 cm³/mol. The predicted octanol–water partition coefficient (Wildman–Crippen LogP) is 2.78. The molecule has 1 aliphatic carbocycles. The zero-order valence-corrected chi connectivity index (χ0v) is 12.1. The number of ether oxygens (including phenoxy) is 1. The minimum Gasteiger partial charge on any atom is -0.461 e. The van der Waals surface area contributed by atoms with E-state index in [0.717, 1.165) is 29.9 Å².